The molecule has 1 N–H and O–H groups in total. The standard InChI is InChI=1S/C17H28N2/c1-4-19(12-15-9-7-10-15)13-17(18-3)16-11-6-5-8-14(16)2/h5-6,8,11,15,17-18H,4,7,9-10,12-13H2,1-3H3. The lowest BCUT2D eigenvalue weighted by atomic mass is 9.85. The zero-order valence-corrected chi connectivity index (χ0v) is 12.7. The van der Waals surface area contributed by atoms with Crippen LogP contribution in [-0.2, 0) is 0 Å². The van der Waals surface area contributed by atoms with Gasteiger partial charge in [0, 0.05) is 19.1 Å². The molecule has 0 heterocycles. The van der Waals surface area contributed by atoms with E-state index in [9.17, 15) is 0 Å². The SMILES string of the molecule is CCN(CC1CCC1)CC(NC)c1ccccc1C. The molecule has 1 aromatic carbocycles. The fourth-order valence-electron chi connectivity index (χ4n) is 2.95. The summed E-state index contributed by atoms with van der Waals surface area (Å²) < 4.78 is 0. The van der Waals surface area contributed by atoms with Crippen LogP contribution in [0.5, 0.6) is 0 Å². The Hall–Kier alpha value is -0.860. The highest BCUT2D eigenvalue weighted by atomic mass is 15.1. The van der Waals surface area contributed by atoms with Crippen molar-refractivity contribution in [1.82, 2.24) is 10.2 Å². The average Bonchev–Trinajstić information content (AvgIpc) is 2.38. The van der Waals surface area contributed by atoms with Crippen LogP contribution in [0.2, 0.25) is 0 Å². The summed E-state index contributed by atoms with van der Waals surface area (Å²) >= 11 is 0. The van der Waals surface area contributed by atoms with Gasteiger partial charge in [-0.3, -0.25) is 0 Å². The predicted octanol–water partition coefficient (Wildman–Crippen LogP) is 3.38. The summed E-state index contributed by atoms with van der Waals surface area (Å²) in [5.41, 5.74) is 2.83. The number of hydrogen-bond acceptors (Lipinski definition) is 2. The molecule has 0 spiro atoms. The van der Waals surface area contributed by atoms with Gasteiger partial charge in [0.05, 0.1) is 0 Å². The summed E-state index contributed by atoms with van der Waals surface area (Å²) in [5, 5.41) is 3.49. The molecule has 2 heteroatoms. The Morgan fingerprint density at radius 3 is 2.58 bits per heavy atom. The molecule has 106 valence electrons. The molecule has 1 saturated carbocycles. The molecular weight excluding hydrogens is 232 g/mol. The van der Waals surface area contributed by atoms with E-state index in [0.29, 0.717) is 6.04 Å². The average molecular weight is 260 g/mol. The maximum Gasteiger partial charge on any atom is 0.0449 e. The number of likely N-dealkylation sites (N-methyl/N-ethyl adjacent to an activating group) is 2. The fourth-order valence-corrected chi connectivity index (χ4v) is 2.95. The van der Waals surface area contributed by atoms with Crippen molar-refractivity contribution in [2.75, 3.05) is 26.7 Å². The minimum Gasteiger partial charge on any atom is -0.312 e. The van der Waals surface area contributed by atoms with E-state index in [1.165, 1.54) is 36.9 Å². The zero-order valence-electron chi connectivity index (χ0n) is 12.7. The molecule has 1 aliphatic carbocycles. The highest BCUT2D eigenvalue weighted by Crippen LogP contribution is 2.28. The largest absolute Gasteiger partial charge is 0.312 e. The van der Waals surface area contributed by atoms with Gasteiger partial charge in [-0.25, -0.2) is 0 Å². The lowest BCUT2D eigenvalue weighted by Gasteiger charge is -2.34. The minimum atomic E-state index is 0.446. The van der Waals surface area contributed by atoms with Gasteiger partial charge in [0.2, 0.25) is 0 Å². The molecular formula is C17H28N2. The molecule has 1 atom stereocenters. The molecule has 0 aliphatic heterocycles. The van der Waals surface area contributed by atoms with Gasteiger partial charge in [-0.2, -0.15) is 0 Å². The highest BCUT2D eigenvalue weighted by molar-refractivity contribution is 5.28. The molecule has 2 rings (SSSR count). The number of hydrogen-bond donors (Lipinski definition) is 1. The molecule has 0 bridgehead atoms. The third kappa shape index (κ3) is 3.80. The van der Waals surface area contributed by atoms with Crippen molar-refractivity contribution in [2.45, 2.75) is 39.2 Å². The topological polar surface area (TPSA) is 15.3 Å². The van der Waals surface area contributed by atoms with Gasteiger partial charge in [0.15, 0.2) is 0 Å². The van der Waals surface area contributed by atoms with Crippen LogP contribution in [0.15, 0.2) is 24.3 Å². The number of benzene rings is 1. The van der Waals surface area contributed by atoms with Crippen LogP contribution in [0.3, 0.4) is 0 Å². The van der Waals surface area contributed by atoms with Crippen LogP contribution in [0.4, 0.5) is 0 Å². The third-order valence-corrected chi connectivity index (χ3v) is 4.54. The Bertz CT molecular complexity index is 385. The van der Waals surface area contributed by atoms with Gasteiger partial charge >= 0.3 is 0 Å². The first kappa shape index (κ1) is 14.5. The van der Waals surface area contributed by atoms with Gasteiger partial charge in [0.25, 0.3) is 0 Å². The van der Waals surface area contributed by atoms with Crippen LogP contribution < -0.4 is 5.32 Å². The van der Waals surface area contributed by atoms with Crippen LogP contribution >= 0.6 is 0 Å². The van der Waals surface area contributed by atoms with Crippen LogP contribution in [0.25, 0.3) is 0 Å². The third-order valence-electron chi connectivity index (χ3n) is 4.54. The van der Waals surface area contributed by atoms with Crippen molar-refractivity contribution in [3.8, 4) is 0 Å². The van der Waals surface area contributed by atoms with Crippen LogP contribution in [0, 0.1) is 12.8 Å². The fraction of sp³-hybridized carbons (Fsp3) is 0.647. The molecule has 0 aromatic heterocycles. The molecule has 0 amide bonds. The first-order valence-corrected chi connectivity index (χ1v) is 7.69. The summed E-state index contributed by atoms with van der Waals surface area (Å²) in [7, 11) is 2.08. The second kappa shape index (κ2) is 7.06. The molecule has 1 aliphatic rings. The zero-order chi connectivity index (χ0) is 13.7. The first-order valence-electron chi connectivity index (χ1n) is 7.69. The number of aryl methyl sites for hydroxylation is 1. The molecule has 0 radical (unpaired) electrons. The molecule has 0 saturated heterocycles. The summed E-state index contributed by atoms with van der Waals surface area (Å²) in [4.78, 5) is 2.61. The summed E-state index contributed by atoms with van der Waals surface area (Å²) in [5.74, 6) is 0.953. The Morgan fingerprint density at radius 1 is 1.32 bits per heavy atom. The van der Waals surface area contributed by atoms with Crippen molar-refractivity contribution >= 4 is 0 Å². The summed E-state index contributed by atoms with van der Waals surface area (Å²) in [6.45, 7) is 8.04. The maximum atomic E-state index is 3.49. The van der Waals surface area contributed by atoms with E-state index in [4.69, 9.17) is 0 Å². The van der Waals surface area contributed by atoms with E-state index in [-0.39, 0.29) is 0 Å². The van der Waals surface area contributed by atoms with Crippen molar-refractivity contribution in [3.05, 3.63) is 35.4 Å². The van der Waals surface area contributed by atoms with Crippen molar-refractivity contribution in [2.24, 2.45) is 5.92 Å². The normalized spacial score (nSPS) is 17.5. The maximum absolute atomic E-state index is 3.49. The lowest BCUT2D eigenvalue weighted by Crippen LogP contribution is -2.38. The number of rotatable bonds is 7. The monoisotopic (exact) mass is 260 g/mol. The highest BCUT2D eigenvalue weighted by Gasteiger charge is 2.22. The van der Waals surface area contributed by atoms with E-state index in [2.05, 4.69) is 55.4 Å². The van der Waals surface area contributed by atoms with Crippen LogP contribution in [0.1, 0.15) is 43.4 Å². The number of nitrogens with one attached hydrogen (secondary N) is 1. The Labute approximate surface area is 118 Å². The molecule has 19 heavy (non-hydrogen) atoms. The van der Waals surface area contributed by atoms with Gasteiger partial charge in [-0.05, 0) is 50.4 Å². The van der Waals surface area contributed by atoms with Gasteiger partial charge in [-0.1, -0.05) is 37.6 Å². The van der Waals surface area contributed by atoms with E-state index >= 15 is 0 Å². The summed E-state index contributed by atoms with van der Waals surface area (Å²) in [6, 6.07) is 9.18. The smallest absolute Gasteiger partial charge is 0.0449 e. The van der Waals surface area contributed by atoms with Gasteiger partial charge in [0.1, 0.15) is 0 Å². The molecule has 2 nitrogen and oxygen atoms in total. The van der Waals surface area contributed by atoms with Crippen molar-refractivity contribution in [3.63, 3.8) is 0 Å². The van der Waals surface area contributed by atoms with Gasteiger partial charge < -0.3 is 10.2 Å². The molecule has 1 fully saturated rings. The van der Waals surface area contributed by atoms with Crippen molar-refractivity contribution in [1.29, 1.82) is 0 Å². The Kier molecular flexibility index (Phi) is 5.41. The lowest BCUT2D eigenvalue weighted by molar-refractivity contribution is 0.171. The van der Waals surface area contributed by atoms with E-state index in [0.717, 1.165) is 19.0 Å². The minimum absolute atomic E-state index is 0.446. The first-order chi connectivity index (χ1) is 9.24. The van der Waals surface area contributed by atoms with E-state index < -0.39 is 0 Å². The second-order valence-electron chi connectivity index (χ2n) is 5.85. The second-order valence-corrected chi connectivity index (χ2v) is 5.85. The van der Waals surface area contributed by atoms with Crippen LogP contribution in [-0.4, -0.2) is 31.6 Å². The van der Waals surface area contributed by atoms with E-state index in [1.54, 1.807) is 0 Å². The Morgan fingerprint density at radius 2 is 2.05 bits per heavy atom. The molecule has 1 unspecified atom stereocenters. The Balaban J connectivity index is 1.98. The predicted molar refractivity (Wildman–Crippen MR) is 82.4 cm³/mol. The molecule has 1 aromatic rings. The van der Waals surface area contributed by atoms with E-state index in [1.807, 2.05) is 0 Å². The number of nitrogens with zero attached hydrogens (tertiary/aromatic N) is 1. The quantitative estimate of drug-likeness (QED) is 0.808. The summed E-state index contributed by atoms with van der Waals surface area (Å²) in [6.07, 6.45) is 4.31. The van der Waals surface area contributed by atoms with Crippen molar-refractivity contribution < 1.29 is 0 Å². The van der Waals surface area contributed by atoms with Gasteiger partial charge in [-0.15, -0.1) is 0 Å².